The normalized spacial score (nSPS) is 10.5. The molecule has 0 bridgehead atoms. The number of benzene rings is 4. The van der Waals surface area contributed by atoms with Crippen LogP contribution in [0.1, 0.15) is 84.4 Å². The summed E-state index contributed by atoms with van der Waals surface area (Å²) in [7, 11) is 0. The molecule has 0 fully saturated rings. The van der Waals surface area contributed by atoms with Crippen molar-refractivity contribution in [3.63, 3.8) is 0 Å². The van der Waals surface area contributed by atoms with E-state index in [0.717, 1.165) is 24.3 Å². The predicted octanol–water partition coefficient (Wildman–Crippen LogP) is 4.66. The third-order valence-electron chi connectivity index (χ3n) is 6.59. The van der Waals surface area contributed by atoms with Gasteiger partial charge in [-0.3, -0.25) is 0 Å². The lowest BCUT2D eigenvalue weighted by Crippen LogP contribution is -2.21. The van der Waals surface area contributed by atoms with Gasteiger partial charge in [-0.1, -0.05) is 60.7 Å². The predicted molar refractivity (Wildman–Crippen MR) is 149 cm³/mol. The molecule has 4 rings (SSSR count). The fraction of sp³-hybridized carbons (Fsp3) is 0.0625. The second kappa shape index (κ2) is 12.6. The molecule has 0 heterocycles. The Morgan fingerprint density at radius 1 is 0.442 bits per heavy atom. The summed E-state index contributed by atoms with van der Waals surface area (Å²) in [4.78, 5) is 74.7. The van der Waals surface area contributed by atoms with Crippen LogP contribution in [0.5, 0.6) is 0 Å². The lowest BCUT2D eigenvalue weighted by atomic mass is 9.90. The van der Waals surface area contributed by atoms with Crippen molar-refractivity contribution in [3.05, 3.63) is 141 Å². The van der Waals surface area contributed by atoms with E-state index in [1.54, 1.807) is 60.7 Å². The molecule has 0 aliphatic heterocycles. The van der Waals surface area contributed by atoms with Gasteiger partial charge in [0.25, 0.3) is 0 Å². The molecule has 0 amide bonds. The first-order chi connectivity index (χ1) is 20.5. The SMILES string of the molecule is O=C(OC(=O)c1ccc(C(=O)O)c(C(=O)O)c1Cc1ccccc1)c1ccc(C(=O)O)c(C(=O)O)c1Cc1ccccc1. The molecular weight excluding hydrogens is 560 g/mol. The van der Waals surface area contributed by atoms with Crippen molar-refractivity contribution in [2.45, 2.75) is 12.8 Å². The first-order valence-electron chi connectivity index (χ1n) is 12.6. The number of hydrogen-bond donors (Lipinski definition) is 4. The van der Waals surface area contributed by atoms with E-state index in [0.29, 0.717) is 11.1 Å². The Bertz CT molecular complexity index is 1640. The number of carbonyl (C=O) groups excluding carboxylic acids is 2. The minimum absolute atomic E-state index is 0.196. The molecule has 0 aromatic heterocycles. The van der Waals surface area contributed by atoms with E-state index in [4.69, 9.17) is 4.74 Å². The zero-order valence-corrected chi connectivity index (χ0v) is 22.1. The number of aromatic carboxylic acids is 4. The van der Waals surface area contributed by atoms with Crippen LogP contribution in [0.25, 0.3) is 0 Å². The third kappa shape index (κ3) is 6.46. The van der Waals surface area contributed by atoms with Gasteiger partial charge in [0.2, 0.25) is 0 Å². The van der Waals surface area contributed by atoms with Crippen LogP contribution < -0.4 is 0 Å². The van der Waals surface area contributed by atoms with E-state index in [2.05, 4.69) is 0 Å². The minimum Gasteiger partial charge on any atom is -0.478 e. The van der Waals surface area contributed by atoms with Crippen molar-refractivity contribution < 1.29 is 53.9 Å². The zero-order chi connectivity index (χ0) is 31.3. The highest BCUT2D eigenvalue weighted by Gasteiger charge is 2.30. The molecule has 0 saturated carbocycles. The van der Waals surface area contributed by atoms with Gasteiger partial charge in [0.05, 0.1) is 33.4 Å². The van der Waals surface area contributed by atoms with Crippen LogP contribution in [0.3, 0.4) is 0 Å². The summed E-state index contributed by atoms with van der Waals surface area (Å²) >= 11 is 0. The van der Waals surface area contributed by atoms with Crippen molar-refractivity contribution >= 4 is 35.8 Å². The summed E-state index contributed by atoms with van der Waals surface area (Å²) < 4.78 is 5.09. The summed E-state index contributed by atoms with van der Waals surface area (Å²) in [5.74, 6) is -8.98. The monoisotopic (exact) mass is 582 g/mol. The number of carboxylic acids is 4. The van der Waals surface area contributed by atoms with Crippen LogP contribution in [0.2, 0.25) is 0 Å². The Hall–Kier alpha value is -6.10. The quantitative estimate of drug-likeness (QED) is 0.150. The molecule has 4 aromatic carbocycles. The summed E-state index contributed by atoms with van der Waals surface area (Å²) in [6.07, 6.45) is -0.393. The Kier molecular flexibility index (Phi) is 8.76. The van der Waals surface area contributed by atoms with Gasteiger partial charge in [-0.15, -0.1) is 0 Å². The van der Waals surface area contributed by atoms with Crippen LogP contribution in [0, 0.1) is 0 Å². The van der Waals surface area contributed by atoms with Gasteiger partial charge >= 0.3 is 35.8 Å². The number of ether oxygens (including phenoxy) is 1. The van der Waals surface area contributed by atoms with Gasteiger partial charge in [0, 0.05) is 0 Å². The maximum absolute atomic E-state index is 13.4. The Balaban J connectivity index is 1.82. The van der Waals surface area contributed by atoms with Crippen molar-refractivity contribution in [1.82, 2.24) is 0 Å². The highest BCUT2D eigenvalue weighted by atomic mass is 16.6. The molecule has 0 radical (unpaired) electrons. The van der Waals surface area contributed by atoms with Crippen LogP contribution >= 0.6 is 0 Å². The number of hydrogen-bond acceptors (Lipinski definition) is 7. The summed E-state index contributed by atoms with van der Waals surface area (Å²) in [5, 5.41) is 38.9. The average Bonchev–Trinajstić information content (AvgIpc) is 2.97. The van der Waals surface area contributed by atoms with Crippen LogP contribution in [-0.4, -0.2) is 56.2 Å². The van der Waals surface area contributed by atoms with Crippen LogP contribution in [0.4, 0.5) is 0 Å². The van der Waals surface area contributed by atoms with Crippen molar-refractivity contribution in [2.75, 3.05) is 0 Å². The number of carboxylic acid groups (broad SMARTS) is 4. The van der Waals surface area contributed by atoms with Crippen molar-refractivity contribution in [2.24, 2.45) is 0 Å². The Morgan fingerprint density at radius 2 is 0.767 bits per heavy atom. The molecule has 0 atom stereocenters. The largest absolute Gasteiger partial charge is 0.478 e. The van der Waals surface area contributed by atoms with Gasteiger partial charge < -0.3 is 25.2 Å². The molecule has 11 heteroatoms. The van der Waals surface area contributed by atoms with E-state index in [1.807, 2.05) is 0 Å². The first-order valence-corrected chi connectivity index (χ1v) is 12.6. The molecular formula is C32H22O11. The number of rotatable bonds is 10. The lowest BCUT2D eigenvalue weighted by molar-refractivity contribution is 0.0394. The van der Waals surface area contributed by atoms with E-state index < -0.39 is 69.2 Å². The van der Waals surface area contributed by atoms with E-state index >= 15 is 0 Å². The first kappa shape index (κ1) is 29.9. The number of esters is 2. The zero-order valence-electron chi connectivity index (χ0n) is 22.1. The molecule has 11 nitrogen and oxygen atoms in total. The van der Waals surface area contributed by atoms with Gasteiger partial charge in [-0.05, 0) is 59.4 Å². The van der Waals surface area contributed by atoms with Gasteiger partial charge in [-0.25, -0.2) is 28.8 Å². The molecule has 216 valence electrons. The minimum atomic E-state index is -1.62. The molecule has 0 aliphatic carbocycles. The maximum Gasteiger partial charge on any atom is 0.346 e. The molecule has 4 N–H and O–H groups in total. The lowest BCUT2D eigenvalue weighted by Gasteiger charge is -2.16. The highest BCUT2D eigenvalue weighted by molar-refractivity contribution is 6.10. The highest BCUT2D eigenvalue weighted by Crippen LogP contribution is 2.27. The second-order valence-electron chi connectivity index (χ2n) is 9.25. The van der Waals surface area contributed by atoms with Gasteiger partial charge in [0.15, 0.2) is 0 Å². The van der Waals surface area contributed by atoms with E-state index in [-0.39, 0.29) is 24.0 Å². The third-order valence-corrected chi connectivity index (χ3v) is 6.59. The van der Waals surface area contributed by atoms with Gasteiger partial charge in [0.1, 0.15) is 0 Å². The van der Waals surface area contributed by atoms with E-state index in [9.17, 15) is 49.2 Å². The van der Waals surface area contributed by atoms with Gasteiger partial charge in [-0.2, -0.15) is 0 Å². The standard InChI is InChI=1S/C32H22O11/c33-27(34)21-13-11-19(23(25(21)29(37)38)15-17-7-3-1-4-8-17)31(41)43-32(42)20-12-14-22(28(35)36)26(30(39)40)24(20)16-18-9-5-2-6-10-18/h1-14H,15-16H2,(H,33,34)(H,35,36)(H,37,38)(H,39,40). The molecule has 0 spiro atoms. The fourth-order valence-corrected chi connectivity index (χ4v) is 4.68. The average molecular weight is 583 g/mol. The Morgan fingerprint density at radius 3 is 1.07 bits per heavy atom. The molecule has 4 aromatic rings. The van der Waals surface area contributed by atoms with Crippen molar-refractivity contribution in [3.8, 4) is 0 Å². The maximum atomic E-state index is 13.4. The fourth-order valence-electron chi connectivity index (χ4n) is 4.68. The molecule has 0 unspecified atom stereocenters. The topological polar surface area (TPSA) is 193 Å². The van der Waals surface area contributed by atoms with Crippen molar-refractivity contribution in [1.29, 1.82) is 0 Å². The number of carbonyl (C=O) groups is 6. The molecule has 0 aliphatic rings. The van der Waals surface area contributed by atoms with Crippen LogP contribution in [-0.2, 0) is 17.6 Å². The second-order valence-corrected chi connectivity index (χ2v) is 9.25. The molecule has 0 saturated heterocycles. The summed E-state index contributed by atoms with van der Waals surface area (Å²) in [6, 6.07) is 20.5. The van der Waals surface area contributed by atoms with Crippen LogP contribution in [0.15, 0.2) is 84.9 Å². The molecule has 43 heavy (non-hydrogen) atoms. The van der Waals surface area contributed by atoms with E-state index in [1.165, 1.54) is 0 Å². The Labute approximate surface area is 243 Å². The summed E-state index contributed by atoms with van der Waals surface area (Å²) in [6.45, 7) is 0. The smallest absolute Gasteiger partial charge is 0.346 e. The summed E-state index contributed by atoms with van der Waals surface area (Å²) in [5.41, 5.74) is -2.65.